The van der Waals surface area contributed by atoms with Crippen LogP contribution in [0.1, 0.15) is 27.7 Å². The first kappa shape index (κ1) is 14.1. The Hall–Kier alpha value is -0.963. The molecule has 0 aromatic heterocycles. The van der Waals surface area contributed by atoms with Crippen molar-refractivity contribution in [2.45, 2.75) is 45.8 Å². The highest BCUT2D eigenvalue weighted by Gasteiger charge is 2.39. The van der Waals surface area contributed by atoms with Gasteiger partial charge < -0.3 is 9.16 Å². The molecule has 0 saturated heterocycles. The summed E-state index contributed by atoms with van der Waals surface area (Å²) < 4.78 is 11.9. The molecule has 17 heavy (non-hydrogen) atoms. The molecule has 0 N–H and O–H groups in total. The van der Waals surface area contributed by atoms with E-state index < -0.39 is 8.32 Å². The zero-order valence-corrected chi connectivity index (χ0v) is 12.8. The molecule has 2 nitrogen and oxygen atoms in total. The smallest absolute Gasteiger partial charge is 0.250 e. The van der Waals surface area contributed by atoms with E-state index in [1.54, 1.807) is 0 Å². The van der Waals surface area contributed by atoms with Gasteiger partial charge in [0.05, 0.1) is 6.61 Å². The van der Waals surface area contributed by atoms with E-state index in [1.165, 1.54) is 0 Å². The molecule has 0 amide bonds. The lowest BCUT2D eigenvalue weighted by molar-refractivity contribution is 0.325. The van der Waals surface area contributed by atoms with E-state index in [9.17, 15) is 0 Å². The van der Waals surface area contributed by atoms with Gasteiger partial charge in [0.15, 0.2) is 5.75 Å². The summed E-state index contributed by atoms with van der Waals surface area (Å²) in [6.07, 6.45) is 0. The Balaban J connectivity index is 2.95. The Bertz CT molecular complexity index is 367. The van der Waals surface area contributed by atoms with Crippen LogP contribution >= 0.6 is 0 Å². The van der Waals surface area contributed by atoms with Crippen molar-refractivity contribution in [3.05, 3.63) is 24.3 Å². The van der Waals surface area contributed by atoms with Crippen LogP contribution in [0.25, 0.3) is 0 Å². The molecule has 0 saturated carbocycles. The maximum atomic E-state index is 6.26. The van der Waals surface area contributed by atoms with Crippen molar-refractivity contribution in [1.29, 1.82) is 0 Å². The van der Waals surface area contributed by atoms with E-state index >= 15 is 0 Å². The van der Waals surface area contributed by atoms with Crippen molar-refractivity contribution >= 4 is 8.32 Å². The van der Waals surface area contributed by atoms with Gasteiger partial charge in [0, 0.05) is 0 Å². The number of ether oxygens (including phenoxy) is 1. The summed E-state index contributed by atoms with van der Waals surface area (Å²) >= 11 is 0. The number of para-hydroxylation sites is 2. The highest BCUT2D eigenvalue weighted by atomic mass is 28.4. The monoisotopic (exact) mass is 252 g/mol. The second kappa shape index (κ2) is 5.13. The van der Waals surface area contributed by atoms with Crippen molar-refractivity contribution in [1.82, 2.24) is 0 Å². The quantitative estimate of drug-likeness (QED) is 0.736. The van der Waals surface area contributed by atoms with Crippen molar-refractivity contribution < 1.29 is 9.16 Å². The van der Waals surface area contributed by atoms with E-state index in [4.69, 9.17) is 9.16 Å². The first-order valence-corrected chi connectivity index (χ1v) is 9.09. The minimum absolute atomic E-state index is 0.201. The Morgan fingerprint density at radius 1 is 1.06 bits per heavy atom. The molecular weight excluding hydrogens is 228 g/mol. The van der Waals surface area contributed by atoms with Crippen LogP contribution in [0.4, 0.5) is 0 Å². The zero-order chi connectivity index (χ0) is 13.1. The molecule has 1 rings (SSSR count). The van der Waals surface area contributed by atoms with E-state index in [1.807, 2.05) is 31.2 Å². The lowest BCUT2D eigenvalue weighted by Crippen LogP contribution is -2.43. The Kier molecular flexibility index (Phi) is 4.25. The summed E-state index contributed by atoms with van der Waals surface area (Å²) in [5.74, 6) is 1.72. The maximum Gasteiger partial charge on any atom is 0.250 e. The molecule has 0 aliphatic heterocycles. The average molecular weight is 252 g/mol. The van der Waals surface area contributed by atoms with Crippen LogP contribution in [0, 0.1) is 0 Å². The summed E-state index contributed by atoms with van der Waals surface area (Å²) in [6.45, 7) is 13.9. The van der Waals surface area contributed by atoms with Gasteiger partial charge in [0.25, 0.3) is 8.32 Å². The second-order valence-electron chi connectivity index (χ2n) is 5.74. The molecule has 0 spiro atoms. The van der Waals surface area contributed by atoms with Gasteiger partial charge in [-0.05, 0) is 37.2 Å². The molecule has 0 aliphatic rings. The second-order valence-corrected chi connectivity index (χ2v) is 10.5. The Morgan fingerprint density at radius 3 is 2.06 bits per heavy atom. The predicted molar refractivity (Wildman–Crippen MR) is 75.4 cm³/mol. The molecule has 0 heterocycles. The summed E-state index contributed by atoms with van der Waals surface area (Å²) in [4.78, 5) is 0. The van der Waals surface area contributed by atoms with Gasteiger partial charge in [-0.2, -0.15) is 0 Å². The largest absolute Gasteiger partial charge is 0.541 e. The van der Waals surface area contributed by atoms with E-state index in [-0.39, 0.29) is 5.04 Å². The summed E-state index contributed by atoms with van der Waals surface area (Å²) in [5, 5.41) is 0.201. The van der Waals surface area contributed by atoms with Crippen LogP contribution in [0.2, 0.25) is 18.1 Å². The summed E-state index contributed by atoms with van der Waals surface area (Å²) in [5.41, 5.74) is 0. The topological polar surface area (TPSA) is 18.5 Å². The fraction of sp³-hybridized carbons (Fsp3) is 0.571. The van der Waals surface area contributed by atoms with Gasteiger partial charge in [-0.1, -0.05) is 32.9 Å². The van der Waals surface area contributed by atoms with Crippen molar-refractivity contribution in [2.24, 2.45) is 0 Å². The minimum Gasteiger partial charge on any atom is -0.541 e. The lowest BCUT2D eigenvalue weighted by atomic mass is 10.2. The molecule has 0 aliphatic carbocycles. The lowest BCUT2D eigenvalue weighted by Gasteiger charge is -2.36. The third-order valence-corrected chi connectivity index (χ3v) is 7.66. The maximum absolute atomic E-state index is 6.26. The minimum atomic E-state index is -1.79. The number of benzene rings is 1. The molecule has 0 unspecified atom stereocenters. The summed E-state index contributed by atoms with van der Waals surface area (Å²) in [6, 6.07) is 7.92. The van der Waals surface area contributed by atoms with Crippen molar-refractivity contribution in [3.8, 4) is 11.5 Å². The molecule has 0 radical (unpaired) electrons. The van der Waals surface area contributed by atoms with Crippen molar-refractivity contribution in [3.63, 3.8) is 0 Å². The third kappa shape index (κ3) is 3.50. The van der Waals surface area contributed by atoms with Gasteiger partial charge in [-0.3, -0.25) is 0 Å². The molecule has 3 heteroatoms. The van der Waals surface area contributed by atoms with Crippen LogP contribution in [-0.2, 0) is 0 Å². The van der Waals surface area contributed by atoms with Gasteiger partial charge in [-0.15, -0.1) is 0 Å². The predicted octanol–water partition coefficient (Wildman–Crippen LogP) is 4.47. The SMILES string of the molecule is CCOc1ccccc1O[Si](C)(C)C(C)(C)C. The number of rotatable bonds is 4. The van der Waals surface area contributed by atoms with Crippen LogP contribution in [0.5, 0.6) is 11.5 Å². The molecule has 96 valence electrons. The van der Waals surface area contributed by atoms with Gasteiger partial charge >= 0.3 is 0 Å². The number of hydrogen-bond donors (Lipinski definition) is 0. The first-order valence-electron chi connectivity index (χ1n) is 6.19. The van der Waals surface area contributed by atoms with Gasteiger partial charge in [-0.25, -0.2) is 0 Å². The van der Waals surface area contributed by atoms with Crippen LogP contribution in [0.15, 0.2) is 24.3 Å². The van der Waals surface area contributed by atoms with Crippen molar-refractivity contribution in [2.75, 3.05) is 6.61 Å². The Labute approximate surface area is 106 Å². The first-order chi connectivity index (χ1) is 7.78. The fourth-order valence-corrected chi connectivity index (χ4v) is 2.26. The zero-order valence-electron chi connectivity index (χ0n) is 11.8. The fourth-order valence-electron chi connectivity index (χ4n) is 1.24. The van der Waals surface area contributed by atoms with Crippen LogP contribution in [-0.4, -0.2) is 14.9 Å². The highest BCUT2D eigenvalue weighted by molar-refractivity contribution is 6.74. The molecule has 1 aromatic carbocycles. The normalized spacial score (nSPS) is 12.4. The molecule has 0 atom stereocenters. The van der Waals surface area contributed by atoms with E-state index in [0.29, 0.717) is 6.61 Å². The molecular formula is C14H24O2Si. The number of hydrogen-bond acceptors (Lipinski definition) is 2. The van der Waals surface area contributed by atoms with Gasteiger partial charge in [0.2, 0.25) is 0 Å². The Morgan fingerprint density at radius 2 is 1.59 bits per heavy atom. The molecule has 0 fully saturated rings. The van der Waals surface area contributed by atoms with Crippen LogP contribution in [0.3, 0.4) is 0 Å². The highest BCUT2D eigenvalue weighted by Crippen LogP contribution is 2.39. The van der Waals surface area contributed by atoms with Gasteiger partial charge in [0.1, 0.15) is 5.75 Å². The third-order valence-electron chi connectivity index (χ3n) is 3.32. The standard InChI is InChI=1S/C14H24O2Si/c1-7-15-12-10-8-9-11-13(12)16-17(5,6)14(2,3)4/h8-11H,7H2,1-6H3. The average Bonchev–Trinajstić information content (AvgIpc) is 2.19. The molecule has 1 aromatic rings. The molecule has 0 bridgehead atoms. The van der Waals surface area contributed by atoms with E-state index in [2.05, 4.69) is 33.9 Å². The van der Waals surface area contributed by atoms with Crippen LogP contribution < -0.4 is 9.16 Å². The summed E-state index contributed by atoms with van der Waals surface area (Å²) in [7, 11) is -1.79. The van der Waals surface area contributed by atoms with E-state index in [0.717, 1.165) is 11.5 Å².